The van der Waals surface area contributed by atoms with Crippen LogP contribution in [0.2, 0.25) is 10.3 Å². The Morgan fingerprint density at radius 2 is 1.95 bits per heavy atom. The summed E-state index contributed by atoms with van der Waals surface area (Å²) in [4.78, 5) is 4.13. The molecule has 2 nitrogen and oxygen atoms in total. The van der Waals surface area contributed by atoms with Crippen LogP contribution in [0.25, 0.3) is 16.5 Å². The van der Waals surface area contributed by atoms with Crippen molar-refractivity contribution in [3.05, 3.63) is 58.1 Å². The number of hydrogen-bond acceptors (Lipinski definition) is 1. The minimum atomic E-state index is 0.343. The van der Waals surface area contributed by atoms with Crippen molar-refractivity contribution in [2.75, 3.05) is 0 Å². The molecule has 0 aliphatic heterocycles. The molecule has 0 unspecified atom stereocenters. The van der Waals surface area contributed by atoms with Crippen LogP contribution >= 0.6 is 23.2 Å². The van der Waals surface area contributed by atoms with E-state index in [4.69, 9.17) is 23.2 Å². The van der Waals surface area contributed by atoms with Gasteiger partial charge in [0.15, 0.2) is 10.3 Å². The molecule has 0 saturated carbocycles. The summed E-state index contributed by atoms with van der Waals surface area (Å²) in [5.74, 6) is 0. The van der Waals surface area contributed by atoms with Crippen LogP contribution in [-0.4, -0.2) is 9.55 Å². The van der Waals surface area contributed by atoms with Crippen LogP contribution in [0.3, 0.4) is 0 Å². The largest absolute Gasteiger partial charge is 0.288 e. The molecule has 0 N–H and O–H groups in total. The number of nitrogens with zero attached hydrogens (tertiary/aromatic N) is 2. The van der Waals surface area contributed by atoms with Crippen molar-refractivity contribution in [2.45, 2.75) is 33.1 Å². The van der Waals surface area contributed by atoms with E-state index >= 15 is 0 Å². The Morgan fingerprint density at radius 1 is 1.18 bits per heavy atom. The van der Waals surface area contributed by atoms with Crippen molar-refractivity contribution in [3.8, 4) is 5.69 Å². The molecule has 1 heterocycles. The van der Waals surface area contributed by atoms with Crippen molar-refractivity contribution in [3.63, 3.8) is 0 Å². The van der Waals surface area contributed by atoms with Crippen molar-refractivity contribution >= 4 is 34.0 Å². The van der Waals surface area contributed by atoms with E-state index in [9.17, 15) is 0 Å². The van der Waals surface area contributed by atoms with E-state index in [0.29, 0.717) is 10.3 Å². The predicted molar refractivity (Wildman–Crippen MR) is 94.4 cm³/mol. The van der Waals surface area contributed by atoms with Gasteiger partial charge >= 0.3 is 0 Å². The molecule has 22 heavy (non-hydrogen) atoms. The molecule has 0 radical (unpaired) electrons. The molecular weight excluding hydrogens is 315 g/mol. The summed E-state index contributed by atoms with van der Waals surface area (Å²) in [6.45, 7) is 4.32. The van der Waals surface area contributed by atoms with Crippen LogP contribution in [-0.2, 0) is 6.42 Å². The summed E-state index contributed by atoms with van der Waals surface area (Å²) < 4.78 is 1.90. The quantitative estimate of drug-likeness (QED) is 0.574. The van der Waals surface area contributed by atoms with E-state index in [0.717, 1.165) is 24.9 Å². The van der Waals surface area contributed by atoms with Gasteiger partial charge in [-0.05, 0) is 47.7 Å². The van der Waals surface area contributed by atoms with E-state index in [-0.39, 0.29) is 0 Å². The summed E-state index contributed by atoms with van der Waals surface area (Å²) >= 11 is 12.4. The molecule has 0 atom stereocenters. The van der Waals surface area contributed by atoms with Crippen molar-refractivity contribution in [2.24, 2.45) is 0 Å². The second-order valence-electron chi connectivity index (χ2n) is 5.54. The Hall–Kier alpha value is -1.51. The fraction of sp³-hybridized carbons (Fsp3) is 0.278. The highest BCUT2D eigenvalue weighted by atomic mass is 35.5. The molecule has 0 amide bonds. The molecule has 0 aliphatic carbocycles. The lowest BCUT2D eigenvalue weighted by Gasteiger charge is -2.17. The minimum Gasteiger partial charge on any atom is -0.288 e. The number of aromatic nitrogens is 2. The third-order valence-corrected chi connectivity index (χ3v) is 4.74. The number of unbranched alkanes of at least 4 members (excludes halogenated alkanes) is 1. The molecule has 0 fully saturated rings. The van der Waals surface area contributed by atoms with Gasteiger partial charge in [-0.1, -0.05) is 60.8 Å². The van der Waals surface area contributed by atoms with Gasteiger partial charge in [-0.2, -0.15) is 0 Å². The molecule has 0 spiro atoms. The lowest BCUT2D eigenvalue weighted by molar-refractivity contribution is 0.792. The molecule has 4 heteroatoms. The molecule has 3 rings (SSSR count). The fourth-order valence-electron chi connectivity index (χ4n) is 2.97. The van der Waals surface area contributed by atoms with E-state index in [1.807, 2.05) is 4.57 Å². The van der Waals surface area contributed by atoms with Gasteiger partial charge in [-0.25, -0.2) is 4.98 Å². The van der Waals surface area contributed by atoms with Gasteiger partial charge in [0.25, 0.3) is 0 Å². The van der Waals surface area contributed by atoms with Gasteiger partial charge in [0.2, 0.25) is 0 Å². The molecule has 1 aromatic heterocycles. The normalized spacial score (nSPS) is 11.3. The van der Waals surface area contributed by atoms with Crippen molar-refractivity contribution in [1.29, 1.82) is 0 Å². The maximum Gasteiger partial charge on any atom is 0.166 e. The average Bonchev–Trinajstić information content (AvgIpc) is 2.84. The zero-order valence-electron chi connectivity index (χ0n) is 12.7. The van der Waals surface area contributed by atoms with Crippen molar-refractivity contribution in [1.82, 2.24) is 9.55 Å². The lowest BCUT2D eigenvalue weighted by atomic mass is 9.95. The topological polar surface area (TPSA) is 17.8 Å². The van der Waals surface area contributed by atoms with Crippen LogP contribution in [0.5, 0.6) is 0 Å². The number of fused-ring (bicyclic) bond motifs is 1. The number of aryl methyl sites for hydroxylation is 2. The third-order valence-electron chi connectivity index (χ3n) is 4.01. The SMILES string of the molecule is CCCCc1c(-n2cnc(Cl)c2Cl)c(C)cc2ccccc12. The van der Waals surface area contributed by atoms with Gasteiger partial charge in [-0.15, -0.1) is 0 Å². The summed E-state index contributed by atoms with van der Waals surface area (Å²) in [6.07, 6.45) is 5.01. The molecule has 0 bridgehead atoms. The molecule has 2 aromatic carbocycles. The molecular formula is C18H18Cl2N2. The Labute approximate surface area is 140 Å². The monoisotopic (exact) mass is 332 g/mol. The second-order valence-corrected chi connectivity index (χ2v) is 6.26. The fourth-order valence-corrected chi connectivity index (χ4v) is 3.29. The predicted octanol–water partition coefficient (Wildman–Crippen LogP) is 5.98. The number of benzene rings is 2. The highest BCUT2D eigenvalue weighted by molar-refractivity contribution is 6.40. The first-order valence-electron chi connectivity index (χ1n) is 7.53. The van der Waals surface area contributed by atoms with Crippen LogP contribution in [0.4, 0.5) is 0 Å². The Bertz CT molecular complexity index is 821. The molecule has 0 aliphatic rings. The summed E-state index contributed by atoms with van der Waals surface area (Å²) in [7, 11) is 0. The standard InChI is InChI=1S/C18H18Cl2N2/c1-3-4-8-15-14-9-6-5-7-13(14)10-12(2)16(15)22-11-21-17(19)18(22)20/h5-7,9-11H,3-4,8H2,1-2H3. The van der Waals surface area contributed by atoms with E-state index in [1.165, 1.54) is 21.9 Å². The third kappa shape index (κ3) is 2.62. The summed E-state index contributed by atoms with van der Waals surface area (Å²) in [5, 5.41) is 3.35. The number of rotatable bonds is 4. The van der Waals surface area contributed by atoms with Crippen LogP contribution < -0.4 is 0 Å². The van der Waals surface area contributed by atoms with Crippen LogP contribution in [0.1, 0.15) is 30.9 Å². The van der Waals surface area contributed by atoms with Crippen LogP contribution in [0, 0.1) is 6.92 Å². The first kappa shape index (κ1) is 15.4. The average molecular weight is 333 g/mol. The Kier molecular flexibility index (Phi) is 4.42. The molecule has 114 valence electrons. The first-order chi connectivity index (χ1) is 10.6. The van der Waals surface area contributed by atoms with Gasteiger partial charge in [0.1, 0.15) is 6.33 Å². The van der Waals surface area contributed by atoms with E-state index < -0.39 is 0 Å². The van der Waals surface area contributed by atoms with Gasteiger partial charge < -0.3 is 0 Å². The number of halogens is 2. The minimum absolute atomic E-state index is 0.343. The maximum atomic E-state index is 6.34. The summed E-state index contributed by atoms with van der Waals surface area (Å²) in [5.41, 5.74) is 3.60. The number of hydrogen-bond donors (Lipinski definition) is 0. The first-order valence-corrected chi connectivity index (χ1v) is 8.29. The highest BCUT2D eigenvalue weighted by Crippen LogP contribution is 2.33. The Morgan fingerprint density at radius 3 is 2.64 bits per heavy atom. The molecule has 0 saturated heterocycles. The maximum absolute atomic E-state index is 6.34. The van der Waals surface area contributed by atoms with Crippen LogP contribution in [0.15, 0.2) is 36.7 Å². The lowest BCUT2D eigenvalue weighted by Crippen LogP contribution is -2.03. The van der Waals surface area contributed by atoms with Gasteiger partial charge in [-0.3, -0.25) is 4.57 Å². The second kappa shape index (κ2) is 6.31. The zero-order valence-corrected chi connectivity index (χ0v) is 14.2. The highest BCUT2D eigenvalue weighted by Gasteiger charge is 2.16. The van der Waals surface area contributed by atoms with Gasteiger partial charge in [0.05, 0.1) is 5.69 Å². The van der Waals surface area contributed by atoms with Crippen molar-refractivity contribution < 1.29 is 0 Å². The smallest absolute Gasteiger partial charge is 0.166 e. The summed E-state index contributed by atoms with van der Waals surface area (Å²) in [6, 6.07) is 10.7. The number of imidazole rings is 1. The zero-order chi connectivity index (χ0) is 15.7. The van der Waals surface area contributed by atoms with E-state index in [1.54, 1.807) is 6.33 Å². The Balaban J connectivity index is 2.32. The van der Waals surface area contributed by atoms with Gasteiger partial charge in [0, 0.05) is 0 Å². The molecule has 3 aromatic rings. The van der Waals surface area contributed by atoms with E-state index in [2.05, 4.69) is 49.2 Å².